The third-order valence-electron chi connectivity index (χ3n) is 2.86. The molecular weight excluding hydrogens is 188 g/mol. The van der Waals surface area contributed by atoms with Gasteiger partial charge in [-0.25, -0.2) is 0 Å². The minimum Gasteiger partial charge on any atom is -0.368 e. The molecule has 0 rings (SSSR count). The molecule has 0 saturated heterocycles. The molecule has 0 aromatic rings. The predicted molar refractivity (Wildman–Crippen MR) is 64.4 cm³/mol. The topological polar surface area (TPSA) is 69.1 Å². The van der Waals surface area contributed by atoms with Gasteiger partial charge < -0.3 is 11.5 Å². The van der Waals surface area contributed by atoms with E-state index < -0.39 is 11.4 Å². The van der Waals surface area contributed by atoms with Crippen molar-refractivity contribution in [3.05, 3.63) is 0 Å². The number of carbonyl (C=O) groups is 1. The minimum atomic E-state index is -0.816. The first kappa shape index (κ1) is 14.4. The van der Waals surface area contributed by atoms with Gasteiger partial charge in [0.15, 0.2) is 0 Å². The van der Waals surface area contributed by atoms with Crippen LogP contribution in [0.1, 0.15) is 65.2 Å². The molecule has 0 fully saturated rings. The highest BCUT2D eigenvalue weighted by Gasteiger charge is 2.24. The lowest BCUT2D eigenvalue weighted by Gasteiger charge is -2.19. The van der Waals surface area contributed by atoms with Crippen LogP contribution in [0, 0.1) is 0 Å². The Hall–Kier alpha value is -0.570. The van der Waals surface area contributed by atoms with Gasteiger partial charge in [-0.15, -0.1) is 0 Å². The fourth-order valence-electron chi connectivity index (χ4n) is 1.57. The predicted octanol–water partition coefficient (Wildman–Crippen LogP) is 2.33. The second kappa shape index (κ2) is 7.69. The van der Waals surface area contributed by atoms with E-state index in [2.05, 4.69) is 6.92 Å². The summed E-state index contributed by atoms with van der Waals surface area (Å²) in [6.45, 7) is 3.93. The van der Waals surface area contributed by atoms with Crippen LogP contribution in [0.4, 0.5) is 0 Å². The van der Waals surface area contributed by atoms with Crippen molar-refractivity contribution in [3.63, 3.8) is 0 Å². The van der Waals surface area contributed by atoms with Gasteiger partial charge in [0, 0.05) is 0 Å². The fourth-order valence-corrected chi connectivity index (χ4v) is 1.57. The summed E-state index contributed by atoms with van der Waals surface area (Å²) in [7, 11) is 0. The second-order valence-electron chi connectivity index (χ2n) is 4.65. The summed E-state index contributed by atoms with van der Waals surface area (Å²) >= 11 is 0. The van der Waals surface area contributed by atoms with Crippen molar-refractivity contribution in [1.82, 2.24) is 0 Å². The van der Waals surface area contributed by atoms with E-state index in [0.717, 1.165) is 12.8 Å². The molecule has 0 spiro atoms. The van der Waals surface area contributed by atoms with Crippen LogP contribution in [-0.2, 0) is 4.79 Å². The Morgan fingerprint density at radius 3 is 2.00 bits per heavy atom. The first-order valence-corrected chi connectivity index (χ1v) is 6.09. The Morgan fingerprint density at radius 2 is 1.53 bits per heavy atom. The number of unbranched alkanes of at least 4 members (excludes halogenated alkanes) is 6. The highest BCUT2D eigenvalue weighted by molar-refractivity contribution is 5.83. The van der Waals surface area contributed by atoms with E-state index in [0.29, 0.717) is 6.42 Å². The van der Waals surface area contributed by atoms with E-state index in [1.54, 1.807) is 6.92 Å². The maximum absolute atomic E-state index is 10.9. The van der Waals surface area contributed by atoms with Gasteiger partial charge in [-0.3, -0.25) is 4.79 Å². The van der Waals surface area contributed by atoms with Gasteiger partial charge in [-0.2, -0.15) is 0 Å². The highest BCUT2D eigenvalue weighted by Crippen LogP contribution is 2.13. The lowest BCUT2D eigenvalue weighted by molar-refractivity contribution is -0.122. The monoisotopic (exact) mass is 214 g/mol. The van der Waals surface area contributed by atoms with Crippen LogP contribution in [0.5, 0.6) is 0 Å². The first-order valence-electron chi connectivity index (χ1n) is 6.09. The fraction of sp³-hybridized carbons (Fsp3) is 0.917. The second-order valence-corrected chi connectivity index (χ2v) is 4.65. The number of hydrogen-bond acceptors (Lipinski definition) is 2. The smallest absolute Gasteiger partial charge is 0.237 e. The average molecular weight is 214 g/mol. The van der Waals surface area contributed by atoms with E-state index >= 15 is 0 Å². The summed E-state index contributed by atoms with van der Waals surface area (Å²) in [5.41, 5.74) is 10.1. The van der Waals surface area contributed by atoms with Crippen molar-refractivity contribution in [2.45, 2.75) is 70.8 Å². The zero-order valence-electron chi connectivity index (χ0n) is 10.2. The molecule has 0 aliphatic carbocycles. The van der Waals surface area contributed by atoms with Gasteiger partial charge in [0.05, 0.1) is 5.54 Å². The number of nitrogens with two attached hydrogens (primary N) is 2. The molecule has 3 heteroatoms. The molecule has 0 aliphatic rings. The zero-order valence-corrected chi connectivity index (χ0v) is 10.2. The maximum Gasteiger partial charge on any atom is 0.237 e. The molecule has 15 heavy (non-hydrogen) atoms. The Morgan fingerprint density at radius 1 is 1.07 bits per heavy atom. The van der Waals surface area contributed by atoms with Crippen molar-refractivity contribution in [1.29, 1.82) is 0 Å². The number of carbonyl (C=O) groups excluding carboxylic acids is 1. The van der Waals surface area contributed by atoms with Gasteiger partial charge in [0.1, 0.15) is 0 Å². The number of amides is 1. The van der Waals surface area contributed by atoms with Crippen LogP contribution in [0.15, 0.2) is 0 Å². The van der Waals surface area contributed by atoms with Gasteiger partial charge >= 0.3 is 0 Å². The Bertz CT molecular complexity index is 178. The highest BCUT2D eigenvalue weighted by atomic mass is 16.1. The third-order valence-corrected chi connectivity index (χ3v) is 2.86. The molecule has 0 bridgehead atoms. The Balaban J connectivity index is 3.35. The van der Waals surface area contributed by atoms with Crippen LogP contribution in [-0.4, -0.2) is 11.4 Å². The molecule has 0 aromatic heterocycles. The standard InChI is InChI=1S/C12H26N2O/c1-3-4-5-6-7-8-9-10-12(2,14)11(13)15/h3-10,14H2,1-2H3,(H2,13,15). The van der Waals surface area contributed by atoms with Crippen molar-refractivity contribution < 1.29 is 4.79 Å². The number of rotatable bonds is 9. The quantitative estimate of drug-likeness (QED) is 0.578. The van der Waals surface area contributed by atoms with E-state index in [4.69, 9.17) is 11.5 Å². The van der Waals surface area contributed by atoms with Crippen LogP contribution in [0.2, 0.25) is 0 Å². The summed E-state index contributed by atoms with van der Waals surface area (Å²) in [6.07, 6.45) is 9.34. The molecule has 0 aliphatic heterocycles. The van der Waals surface area contributed by atoms with Crippen molar-refractivity contribution in [2.75, 3.05) is 0 Å². The summed E-state index contributed by atoms with van der Waals surface area (Å²) < 4.78 is 0. The van der Waals surface area contributed by atoms with Gasteiger partial charge in [-0.05, 0) is 13.3 Å². The molecule has 1 atom stereocenters. The van der Waals surface area contributed by atoms with Gasteiger partial charge in [0.2, 0.25) is 5.91 Å². The lowest BCUT2D eigenvalue weighted by Crippen LogP contribution is -2.49. The van der Waals surface area contributed by atoms with Crippen molar-refractivity contribution >= 4 is 5.91 Å². The summed E-state index contributed by atoms with van der Waals surface area (Å²) in [6, 6.07) is 0. The summed E-state index contributed by atoms with van der Waals surface area (Å²) in [5.74, 6) is -0.395. The molecule has 0 aromatic carbocycles. The van der Waals surface area contributed by atoms with E-state index in [1.807, 2.05) is 0 Å². The van der Waals surface area contributed by atoms with Crippen LogP contribution in [0.25, 0.3) is 0 Å². The largest absolute Gasteiger partial charge is 0.368 e. The molecule has 0 saturated carbocycles. The lowest BCUT2D eigenvalue weighted by atomic mass is 9.94. The molecule has 4 N–H and O–H groups in total. The SMILES string of the molecule is CCCCCCCCCC(C)(N)C(N)=O. The molecule has 0 radical (unpaired) electrons. The van der Waals surface area contributed by atoms with E-state index in [9.17, 15) is 4.79 Å². The molecule has 3 nitrogen and oxygen atoms in total. The Kier molecular flexibility index (Phi) is 7.39. The Labute approximate surface area is 93.6 Å². The van der Waals surface area contributed by atoms with Crippen LogP contribution >= 0.6 is 0 Å². The molecular formula is C12H26N2O. The maximum atomic E-state index is 10.9. The van der Waals surface area contributed by atoms with Crippen molar-refractivity contribution in [3.8, 4) is 0 Å². The molecule has 1 amide bonds. The third kappa shape index (κ3) is 7.37. The summed E-state index contributed by atoms with van der Waals surface area (Å²) in [4.78, 5) is 10.9. The number of hydrogen-bond donors (Lipinski definition) is 2. The zero-order chi connectivity index (χ0) is 11.7. The molecule has 1 unspecified atom stereocenters. The van der Waals surface area contributed by atoms with E-state index in [-0.39, 0.29) is 0 Å². The minimum absolute atomic E-state index is 0.395. The molecule has 90 valence electrons. The van der Waals surface area contributed by atoms with Crippen LogP contribution in [0.3, 0.4) is 0 Å². The van der Waals surface area contributed by atoms with Gasteiger partial charge in [-0.1, -0.05) is 51.9 Å². The van der Waals surface area contributed by atoms with Crippen molar-refractivity contribution in [2.24, 2.45) is 11.5 Å². The van der Waals surface area contributed by atoms with Gasteiger partial charge in [0.25, 0.3) is 0 Å². The normalized spacial score (nSPS) is 14.9. The number of primary amides is 1. The first-order chi connectivity index (χ1) is 7.00. The van der Waals surface area contributed by atoms with Crippen LogP contribution < -0.4 is 11.5 Å². The average Bonchev–Trinajstić information content (AvgIpc) is 2.16. The molecule has 0 heterocycles. The van der Waals surface area contributed by atoms with E-state index in [1.165, 1.54) is 32.1 Å². The summed E-state index contributed by atoms with van der Waals surface area (Å²) in [5, 5.41) is 0.